The van der Waals surface area contributed by atoms with Gasteiger partial charge < -0.3 is 19.2 Å². The van der Waals surface area contributed by atoms with Crippen LogP contribution in [0.2, 0.25) is 0 Å². The van der Waals surface area contributed by atoms with Gasteiger partial charge >= 0.3 is 6.03 Å². The van der Waals surface area contributed by atoms with Gasteiger partial charge in [-0.2, -0.15) is 5.16 Å². The first-order valence-corrected chi connectivity index (χ1v) is 9.38. The summed E-state index contributed by atoms with van der Waals surface area (Å²) in [6.45, 7) is 3.71. The van der Waals surface area contributed by atoms with E-state index in [9.17, 15) is 14.4 Å². The third-order valence-corrected chi connectivity index (χ3v) is 5.82. The molecule has 2 aliphatic rings. The zero-order chi connectivity index (χ0) is 20.0. The van der Waals surface area contributed by atoms with Crippen molar-refractivity contribution in [2.75, 3.05) is 33.7 Å². The Hall–Kier alpha value is -3.03. The molecule has 0 aliphatic carbocycles. The van der Waals surface area contributed by atoms with E-state index in [4.69, 9.17) is 4.52 Å². The molecule has 3 amide bonds. The van der Waals surface area contributed by atoms with Gasteiger partial charge in [0, 0.05) is 45.6 Å². The summed E-state index contributed by atoms with van der Waals surface area (Å²) >= 11 is 0. The Balaban J connectivity index is 1.64. The van der Waals surface area contributed by atoms with Crippen LogP contribution in [-0.2, 0) is 0 Å². The van der Waals surface area contributed by atoms with Crippen molar-refractivity contribution in [2.24, 2.45) is 11.8 Å². The van der Waals surface area contributed by atoms with Gasteiger partial charge in [0.15, 0.2) is 0 Å². The van der Waals surface area contributed by atoms with Gasteiger partial charge in [0.25, 0.3) is 11.5 Å². The maximum atomic E-state index is 12.8. The Morgan fingerprint density at radius 1 is 1.18 bits per heavy atom. The predicted molar refractivity (Wildman–Crippen MR) is 102 cm³/mol. The van der Waals surface area contributed by atoms with Crippen molar-refractivity contribution in [2.45, 2.75) is 13.0 Å². The fourth-order valence-corrected chi connectivity index (χ4v) is 4.53. The van der Waals surface area contributed by atoms with Gasteiger partial charge in [-0.1, -0.05) is 24.3 Å². The minimum Gasteiger partial charge on any atom is -0.373 e. The lowest BCUT2D eigenvalue weighted by atomic mass is 9.88. The molecule has 2 aliphatic heterocycles. The number of aromatic nitrogens is 1. The lowest BCUT2D eigenvalue weighted by Gasteiger charge is -2.32. The predicted octanol–water partition coefficient (Wildman–Crippen LogP) is 1.70. The highest BCUT2D eigenvalue weighted by Gasteiger charge is 2.51. The molecular formula is C20H24N4O4. The molecule has 1 aromatic carbocycles. The summed E-state index contributed by atoms with van der Waals surface area (Å²) < 4.78 is 4.98. The standard InChI is InChI=1S/C20H24N4O4/c1-12-6-4-5-7-14(12)18-15-11-23(19(26)16-8-17(25)21-28-16)9-13(15)10-24(18)20(27)22(2)3/h4-8,13,15,18H,9-11H2,1-3H3,(H,21,25)/t13-,15-,18+/m1/s1. The van der Waals surface area contributed by atoms with Crippen LogP contribution < -0.4 is 5.56 Å². The van der Waals surface area contributed by atoms with E-state index in [1.807, 2.05) is 30.0 Å². The second kappa shape index (κ2) is 6.85. The number of fused-ring (bicyclic) bond motifs is 1. The number of carbonyl (C=O) groups is 2. The number of hydrogen-bond donors (Lipinski definition) is 1. The molecule has 0 spiro atoms. The summed E-state index contributed by atoms with van der Waals surface area (Å²) in [6, 6.07) is 9.16. The van der Waals surface area contributed by atoms with E-state index in [0.717, 1.165) is 11.1 Å². The molecule has 2 fully saturated rings. The molecule has 3 heterocycles. The van der Waals surface area contributed by atoms with Crippen molar-refractivity contribution in [1.29, 1.82) is 0 Å². The molecule has 148 valence electrons. The number of benzene rings is 1. The van der Waals surface area contributed by atoms with E-state index in [1.54, 1.807) is 23.9 Å². The number of nitrogens with zero attached hydrogens (tertiary/aromatic N) is 3. The van der Waals surface area contributed by atoms with Crippen LogP contribution in [-0.4, -0.2) is 65.5 Å². The van der Waals surface area contributed by atoms with E-state index in [0.29, 0.717) is 19.6 Å². The first-order valence-electron chi connectivity index (χ1n) is 9.38. The van der Waals surface area contributed by atoms with Crippen LogP contribution in [0, 0.1) is 18.8 Å². The summed E-state index contributed by atoms with van der Waals surface area (Å²) in [4.78, 5) is 42.1. The summed E-state index contributed by atoms with van der Waals surface area (Å²) in [5.74, 6) is 0.0585. The minimum atomic E-state index is -0.428. The van der Waals surface area contributed by atoms with Crippen molar-refractivity contribution in [1.82, 2.24) is 19.9 Å². The van der Waals surface area contributed by atoms with Crippen molar-refractivity contribution in [3.05, 3.63) is 57.6 Å². The quantitative estimate of drug-likeness (QED) is 0.853. The van der Waals surface area contributed by atoms with Gasteiger partial charge in [-0.15, -0.1) is 0 Å². The number of aromatic amines is 1. The smallest absolute Gasteiger partial charge is 0.320 e. The van der Waals surface area contributed by atoms with Crippen molar-refractivity contribution >= 4 is 11.9 Å². The Kier molecular flexibility index (Phi) is 4.49. The Bertz CT molecular complexity index is 963. The number of urea groups is 1. The van der Waals surface area contributed by atoms with E-state index in [-0.39, 0.29) is 35.6 Å². The van der Waals surface area contributed by atoms with E-state index in [1.165, 1.54) is 6.07 Å². The summed E-state index contributed by atoms with van der Waals surface area (Å²) in [5.41, 5.74) is 1.82. The third kappa shape index (κ3) is 2.98. The maximum Gasteiger partial charge on any atom is 0.320 e. The lowest BCUT2D eigenvalue weighted by molar-refractivity contribution is 0.0725. The highest BCUT2D eigenvalue weighted by Crippen LogP contribution is 2.46. The number of likely N-dealkylation sites (tertiary alicyclic amines) is 2. The molecule has 0 bridgehead atoms. The Morgan fingerprint density at radius 2 is 1.93 bits per heavy atom. The Labute approximate surface area is 162 Å². The molecular weight excluding hydrogens is 360 g/mol. The largest absolute Gasteiger partial charge is 0.373 e. The highest BCUT2D eigenvalue weighted by atomic mass is 16.5. The number of aryl methyl sites for hydroxylation is 1. The van der Waals surface area contributed by atoms with E-state index in [2.05, 4.69) is 11.2 Å². The topological polar surface area (TPSA) is 89.9 Å². The van der Waals surface area contributed by atoms with Crippen molar-refractivity contribution in [3.63, 3.8) is 0 Å². The van der Waals surface area contributed by atoms with Crippen LogP contribution in [0.4, 0.5) is 4.79 Å². The molecule has 2 aromatic rings. The molecule has 0 saturated carbocycles. The first kappa shape index (κ1) is 18.3. The number of hydrogen-bond acceptors (Lipinski definition) is 4. The summed E-state index contributed by atoms with van der Waals surface area (Å²) in [6.07, 6.45) is 0. The molecule has 1 aromatic heterocycles. The zero-order valence-electron chi connectivity index (χ0n) is 16.2. The van der Waals surface area contributed by atoms with Crippen LogP contribution in [0.15, 0.2) is 39.6 Å². The molecule has 4 rings (SSSR count). The van der Waals surface area contributed by atoms with Gasteiger partial charge in [0.1, 0.15) is 0 Å². The van der Waals surface area contributed by atoms with Gasteiger partial charge in [0.05, 0.1) is 12.1 Å². The molecule has 2 saturated heterocycles. The summed E-state index contributed by atoms with van der Waals surface area (Å²) in [7, 11) is 3.52. The Morgan fingerprint density at radius 3 is 2.57 bits per heavy atom. The van der Waals surface area contributed by atoms with E-state index < -0.39 is 5.56 Å². The van der Waals surface area contributed by atoms with Crippen LogP contribution in [0.3, 0.4) is 0 Å². The minimum absolute atomic E-state index is 0.0165. The van der Waals surface area contributed by atoms with Crippen LogP contribution in [0.5, 0.6) is 0 Å². The SMILES string of the molecule is Cc1ccccc1[C@H]1[C@@H]2CN(C(=O)c3cc(=O)[nH]o3)C[C@@H]2CN1C(=O)N(C)C. The second-order valence-electron chi connectivity index (χ2n) is 7.84. The molecule has 1 N–H and O–H groups in total. The van der Waals surface area contributed by atoms with Gasteiger partial charge in [-0.3, -0.25) is 9.59 Å². The normalized spacial score (nSPS) is 23.8. The second-order valence-corrected chi connectivity index (χ2v) is 7.84. The summed E-state index contributed by atoms with van der Waals surface area (Å²) in [5, 5.41) is 2.16. The van der Waals surface area contributed by atoms with E-state index >= 15 is 0 Å². The van der Waals surface area contributed by atoms with Crippen molar-refractivity contribution < 1.29 is 14.1 Å². The van der Waals surface area contributed by atoms with Gasteiger partial charge in [0.2, 0.25) is 5.76 Å². The first-order chi connectivity index (χ1) is 13.4. The van der Waals surface area contributed by atoms with Gasteiger partial charge in [-0.25, -0.2) is 4.79 Å². The fourth-order valence-electron chi connectivity index (χ4n) is 4.53. The number of H-pyrrole nitrogens is 1. The molecule has 3 atom stereocenters. The lowest BCUT2D eigenvalue weighted by Crippen LogP contribution is -2.42. The van der Waals surface area contributed by atoms with Crippen LogP contribution >= 0.6 is 0 Å². The average Bonchev–Trinajstić information content (AvgIpc) is 3.35. The zero-order valence-corrected chi connectivity index (χ0v) is 16.2. The molecule has 0 radical (unpaired) electrons. The maximum absolute atomic E-state index is 12.8. The molecule has 28 heavy (non-hydrogen) atoms. The third-order valence-electron chi connectivity index (χ3n) is 5.82. The van der Waals surface area contributed by atoms with Gasteiger partial charge in [-0.05, 0) is 18.1 Å². The average molecular weight is 384 g/mol. The highest BCUT2D eigenvalue weighted by molar-refractivity contribution is 5.91. The fraction of sp³-hybridized carbons (Fsp3) is 0.450. The number of carbonyl (C=O) groups excluding carboxylic acids is 2. The molecule has 8 nitrogen and oxygen atoms in total. The molecule has 8 heteroatoms. The van der Waals surface area contributed by atoms with Crippen molar-refractivity contribution in [3.8, 4) is 0 Å². The monoisotopic (exact) mass is 384 g/mol. The van der Waals surface area contributed by atoms with Crippen LogP contribution in [0.1, 0.15) is 27.7 Å². The molecule has 0 unspecified atom stereocenters. The van der Waals surface area contributed by atoms with Crippen LogP contribution in [0.25, 0.3) is 0 Å². The number of rotatable bonds is 2. The number of nitrogens with one attached hydrogen (secondary N) is 1. The number of amides is 3.